The molecule has 0 spiro atoms. The molecule has 0 unspecified atom stereocenters. The van der Waals surface area contributed by atoms with Gasteiger partial charge in [-0.2, -0.15) is 18.8 Å². The number of nitrogens with two attached hydrogens (primary N) is 4. The van der Waals surface area contributed by atoms with Crippen molar-refractivity contribution in [3.8, 4) is 40.1 Å². The van der Waals surface area contributed by atoms with Crippen molar-refractivity contribution in [2.45, 2.75) is 84.2 Å². The van der Waals surface area contributed by atoms with Gasteiger partial charge in [0, 0.05) is 74.6 Å². The SMILES string of the molecule is Cc1nc(-c2ccc(C(C)(C)C)cc2)ncc1C(=O)C[C@@H](CN=C(N)N)C(=O)N(C)[C@@H]1C(=O)C[C@@H](C)C(=O)N[C@H](C(=O)CCC#N)Cc2ccc(OCCN)c(c2)-c2cc1ccc2OCCN.S. The Bertz CT molecular complexity index is 2530. The van der Waals surface area contributed by atoms with Crippen LogP contribution < -0.4 is 37.7 Å². The second kappa shape index (κ2) is 24.4. The van der Waals surface area contributed by atoms with Gasteiger partial charge in [0.05, 0.1) is 35.8 Å². The number of amides is 2. The largest absolute Gasteiger partial charge is 0.492 e. The number of hydrogen-bond acceptors (Lipinski definition) is 13. The highest BCUT2D eigenvalue weighted by atomic mass is 32.1. The maximum atomic E-state index is 14.9. The standard InChI is InChI=1S/C50H62N10O7.H2S/c1-29-22-42(63)45(60(6)48(65)34(27-57-49(54)55)26-41(62)38-28-56-46(58-30(38)2)32-10-13-35(14-11-32)50(3,4)5)33-12-16-44(67-21-19-53)37(25-33)36-23-31(9-15-43(36)66-20-18-52)24-39(59-47(29)64)40(61)8-7-17-51;/h9-16,23,25,28-29,34,39,45H,7-8,18-22,24,26-27,52-53H2,1-6H3,(H,59,64)(H4,54,55,57);1H2/t29-,34+,39+,45+;/m1./s1. The highest BCUT2D eigenvalue weighted by Crippen LogP contribution is 2.41. The highest BCUT2D eigenvalue weighted by molar-refractivity contribution is 7.59. The minimum Gasteiger partial charge on any atom is -0.492 e. The first-order chi connectivity index (χ1) is 31.9. The summed E-state index contributed by atoms with van der Waals surface area (Å²) in [6, 6.07) is 17.9. The van der Waals surface area contributed by atoms with Crippen LogP contribution in [0.3, 0.4) is 0 Å². The van der Waals surface area contributed by atoms with Gasteiger partial charge in [-0.1, -0.05) is 64.1 Å². The number of carbonyl (C=O) groups is 5. The Balaban J connectivity index is 0.0000101. The van der Waals surface area contributed by atoms with Crippen LogP contribution in [-0.2, 0) is 31.0 Å². The molecule has 0 fully saturated rings. The summed E-state index contributed by atoms with van der Waals surface area (Å²) in [6.07, 6.45) is 0.669. The average Bonchev–Trinajstić information content (AvgIpc) is 3.29. The van der Waals surface area contributed by atoms with Gasteiger partial charge in [0.2, 0.25) is 11.8 Å². The van der Waals surface area contributed by atoms with Crippen molar-refractivity contribution in [2.24, 2.45) is 39.8 Å². The molecular weight excluding hydrogens is 885 g/mol. The zero-order chi connectivity index (χ0) is 49.0. The predicted octanol–water partition coefficient (Wildman–Crippen LogP) is 4.38. The van der Waals surface area contributed by atoms with Crippen LogP contribution in [0.4, 0.5) is 0 Å². The van der Waals surface area contributed by atoms with Gasteiger partial charge >= 0.3 is 0 Å². The molecule has 4 atom stereocenters. The van der Waals surface area contributed by atoms with Crippen LogP contribution in [-0.4, -0.2) is 95.9 Å². The molecule has 1 aromatic heterocycles. The first kappa shape index (κ1) is 53.9. The van der Waals surface area contributed by atoms with E-state index in [9.17, 15) is 29.2 Å². The molecule has 4 aromatic rings. The summed E-state index contributed by atoms with van der Waals surface area (Å²) in [4.78, 5) is 85.6. The number of fused-ring (bicyclic) bond motifs is 5. The number of nitrogens with zero attached hydrogens (tertiary/aromatic N) is 5. The molecule has 3 aromatic carbocycles. The Morgan fingerprint density at radius 3 is 2.18 bits per heavy atom. The molecule has 9 N–H and O–H groups in total. The van der Waals surface area contributed by atoms with E-state index in [2.05, 4.69) is 41.0 Å². The number of benzene rings is 3. The van der Waals surface area contributed by atoms with Gasteiger partial charge in [-0.3, -0.25) is 29.0 Å². The lowest BCUT2D eigenvalue weighted by Crippen LogP contribution is -2.46. The fraction of sp³-hybridized carbons (Fsp3) is 0.420. The van der Waals surface area contributed by atoms with Crippen molar-refractivity contribution < 1.29 is 33.4 Å². The number of ether oxygens (including phenoxy) is 2. The van der Waals surface area contributed by atoms with Crippen LogP contribution in [0.2, 0.25) is 0 Å². The van der Waals surface area contributed by atoms with Crippen LogP contribution in [0.5, 0.6) is 11.5 Å². The number of Topliss-reactive ketones (excluding diaryl/α,β-unsaturated/α-hetero) is 3. The molecule has 1 aliphatic heterocycles. The number of carbonyl (C=O) groups excluding carboxylic acids is 5. The minimum atomic E-state index is -1.32. The molecule has 18 heteroatoms. The molecule has 0 saturated heterocycles. The van der Waals surface area contributed by atoms with Gasteiger partial charge in [-0.15, -0.1) is 0 Å². The zero-order valence-electron chi connectivity index (χ0n) is 39.6. The van der Waals surface area contributed by atoms with E-state index in [0.717, 1.165) is 11.1 Å². The fourth-order valence-corrected chi connectivity index (χ4v) is 7.91. The Labute approximate surface area is 404 Å². The second-order valence-corrected chi connectivity index (χ2v) is 17.8. The van der Waals surface area contributed by atoms with E-state index in [4.69, 9.17) is 32.4 Å². The van der Waals surface area contributed by atoms with Gasteiger partial charge in [-0.25, -0.2) is 9.97 Å². The first-order valence-corrected chi connectivity index (χ1v) is 22.3. The van der Waals surface area contributed by atoms with E-state index in [1.54, 1.807) is 50.2 Å². The van der Waals surface area contributed by atoms with E-state index in [1.165, 1.54) is 18.1 Å². The maximum absolute atomic E-state index is 14.9. The number of aliphatic imine (C=N–C) groups is 1. The summed E-state index contributed by atoms with van der Waals surface area (Å²) in [6.45, 7) is 10.0. The Morgan fingerprint density at radius 2 is 1.59 bits per heavy atom. The fourth-order valence-electron chi connectivity index (χ4n) is 7.91. The quantitative estimate of drug-likeness (QED) is 0.0558. The molecule has 4 bridgehead atoms. The number of nitriles is 1. The van der Waals surface area contributed by atoms with Crippen molar-refractivity contribution >= 4 is 48.6 Å². The number of hydrogen-bond donors (Lipinski definition) is 5. The number of nitrogens with one attached hydrogen (secondary N) is 1. The van der Waals surface area contributed by atoms with Gasteiger partial charge in [0.15, 0.2) is 29.1 Å². The molecule has 0 aliphatic carbocycles. The van der Waals surface area contributed by atoms with Gasteiger partial charge in [-0.05, 0) is 59.7 Å². The topological polar surface area (TPSA) is 285 Å². The highest BCUT2D eigenvalue weighted by Gasteiger charge is 2.36. The van der Waals surface area contributed by atoms with Crippen LogP contribution in [0, 0.1) is 30.1 Å². The Kier molecular flexibility index (Phi) is 19.3. The summed E-state index contributed by atoms with van der Waals surface area (Å²) in [5.74, 6) is -3.70. The summed E-state index contributed by atoms with van der Waals surface area (Å²) < 4.78 is 12.2. The number of guanidine groups is 1. The summed E-state index contributed by atoms with van der Waals surface area (Å²) >= 11 is 0. The molecule has 2 amide bonds. The average molecular weight is 949 g/mol. The van der Waals surface area contributed by atoms with Gasteiger partial charge in [0.25, 0.3) is 0 Å². The summed E-state index contributed by atoms with van der Waals surface area (Å²) in [5, 5.41) is 12.1. The van der Waals surface area contributed by atoms with Gasteiger partial charge in [0.1, 0.15) is 30.8 Å². The monoisotopic (exact) mass is 948 g/mol. The smallest absolute Gasteiger partial charge is 0.228 e. The van der Waals surface area contributed by atoms with Crippen molar-refractivity contribution in [3.63, 3.8) is 0 Å². The van der Waals surface area contributed by atoms with Crippen LogP contribution in [0.25, 0.3) is 22.5 Å². The number of aromatic nitrogens is 2. The Morgan fingerprint density at radius 1 is 0.956 bits per heavy atom. The third kappa shape index (κ3) is 13.7. The lowest BCUT2D eigenvalue weighted by Gasteiger charge is -2.32. The predicted molar refractivity (Wildman–Crippen MR) is 265 cm³/mol. The number of likely N-dealkylation sites (N-methyl/N-ethyl adjacent to an activating group) is 1. The van der Waals surface area contributed by atoms with Crippen molar-refractivity contribution in [1.82, 2.24) is 20.2 Å². The van der Waals surface area contributed by atoms with E-state index in [-0.39, 0.29) is 101 Å². The second-order valence-electron chi connectivity index (χ2n) is 17.8. The first-order valence-electron chi connectivity index (χ1n) is 22.3. The van der Waals surface area contributed by atoms with E-state index in [0.29, 0.717) is 45.3 Å². The molecule has 17 nitrogen and oxygen atoms in total. The molecule has 5 rings (SSSR count). The molecule has 1 aliphatic rings. The van der Waals surface area contributed by atoms with E-state index in [1.807, 2.05) is 30.3 Å². The Hall–Kier alpha value is -6.68. The third-order valence-electron chi connectivity index (χ3n) is 11.6. The third-order valence-corrected chi connectivity index (χ3v) is 11.6. The maximum Gasteiger partial charge on any atom is 0.228 e. The zero-order valence-corrected chi connectivity index (χ0v) is 40.6. The van der Waals surface area contributed by atoms with Crippen LogP contribution in [0.15, 0.2) is 71.9 Å². The van der Waals surface area contributed by atoms with Gasteiger partial charge < -0.3 is 42.6 Å². The molecule has 0 radical (unpaired) electrons. The lowest BCUT2D eigenvalue weighted by atomic mass is 9.86. The minimum absolute atomic E-state index is 0. The van der Waals surface area contributed by atoms with Crippen molar-refractivity contribution in [1.29, 1.82) is 5.26 Å². The number of ketones is 3. The van der Waals surface area contributed by atoms with Crippen molar-refractivity contribution in [2.75, 3.05) is 39.9 Å². The number of rotatable bonds is 17. The molecule has 362 valence electrons. The molecule has 0 saturated carbocycles. The number of aryl methyl sites for hydroxylation is 1. The normalized spacial score (nSPS) is 16.4. The molecule has 68 heavy (non-hydrogen) atoms. The van der Waals surface area contributed by atoms with Crippen LogP contribution in [0.1, 0.15) is 92.2 Å². The lowest BCUT2D eigenvalue weighted by molar-refractivity contribution is -0.142. The molecule has 2 heterocycles. The summed E-state index contributed by atoms with van der Waals surface area (Å²) in [5.41, 5.74) is 27.7. The molecular formula is C50H64N10O7S. The summed E-state index contributed by atoms with van der Waals surface area (Å²) in [7, 11) is 1.44. The van der Waals surface area contributed by atoms with E-state index < -0.39 is 47.3 Å². The van der Waals surface area contributed by atoms with Crippen molar-refractivity contribution in [3.05, 3.63) is 94.8 Å². The van der Waals surface area contributed by atoms with Crippen LogP contribution >= 0.6 is 13.5 Å². The van der Waals surface area contributed by atoms with E-state index >= 15 is 0 Å².